The lowest BCUT2D eigenvalue weighted by atomic mass is 10.3. The molecular formula is C18H26FIN6S. The number of hydrogen-bond donors (Lipinski definition) is 2. The number of nitrogens with one attached hydrogen (secondary N) is 2. The molecule has 0 saturated carbocycles. The van der Waals surface area contributed by atoms with E-state index in [1.54, 1.807) is 23.6 Å². The number of nitrogens with zero attached hydrogens (tertiary/aromatic N) is 4. The first kappa shape index (κ1) is 21.8. The third-order valence-electron chi connectivity index (χ3n) is 4.21. The van der Waals surface area contributed by atoms with Crippen LogP contribution in [-0.2, 0) is 13.0 Å². The highest BCUT2D eigenvalue weighted by atomic mass is 127. The van der Waals surface area contributed by atoms with E-state index in [-0.39, 0.29) is 35.8 Å². The second-order valence-electron chi connectivity index (χ2n) is 6.17. The van der Waals surface area contributed by atoms with E-state index in [0.29, 0.717) is 18.9 Å². The largest absolute Gasteiger partial charge is 0.357 e. The van der Waals surface area contributed by atoms with Crippen LogP contribution in [0.5, 0.6) is 0 Å². The molecule has 2 aromatic heterocycles. The first-order valence-corrected chi connectivity index (χ1v) is 9.91. The molecule has 1 saturated heterocycles. The van der Waals surface area contributed by atoms with E-state index >= 15 is 0 Å². The van der Waals surface area contributed by atoms with E-state index < -0.39 is 0 Å². The monoisotopic (exact) mass is 504 g/mol. The number of rotatable bonds is 6. The fourth-order valence-electron chi connectivity index (χ4n) is 2.94. The molecular weight excluding hydrogens is 478 g/mol. The molecule has 1 unspecified atom stereocenters. The summed E-state index contributed by atoms with van der Waals surface area (Å²) in [4.78, 5) is 15.3. The van der Waals surface area contributed by atoms with Crippen LogP contribution in [0.3, 0.4) is 0 Å². The molecule has 148 valence electrons. The van der Waals surface area contributed by atoms with Crippen LogP contribution in [-0.4, -0.2) is 41.6 Å². The zero-order valence-electron chi connectivity index (χ0n) is 15.6. The number of anilines is 1. The van der Waals surface area contributed by atoms with Crippen molar-refractivity contribution in [2.45, 2.75) is 39.3 Å². The van der Waals surface area contributed by atoms with Crippen molar-refractivity contribution in [3.05, 3.63) is 40.2 Å². The van der Waals surface area contributed by atoms with E-state index in [1.807, 2.05) is 11.8 Å². The van der Waals surface area contributed by atoms with Crippen LogP contribution in [0.15, 0.2) is 28.7 Å². The van der Waals surface area contributed by atoms with Crippen molar-refractivity contribution in [3.63, 3.8) is 0 Å². The summed E-state index contributed by atoms with van der Waals surface area (Å²) in [6.07, 6.45) is 3.49. The Morgan fingerprint density at radius 1 is 1.44 bits per heavy atom. The SMILES string of the molecule is CCNC(=NCc1csc(CC)n1)NC1CCN(c2ncccc2F)C1.I. The van der Waals surface area contributed by atoms with Gasteiger partial charge in [-0.3, -0.25) is 0 Å². The minimum atomic E-state index is -0.274. The number of thiazole rings is 1. The molecule has 3 heterocycles. The summed E-state index contributed by atoms with van der Waals surface area (Å²) in [5.74, 6) is 0.921. The molecule has 0 bridgehead atoms. The van der Waals surface area contributed by atoms with E-state index in [2.05, 4.69) is 37.9 Å². The average molecular weight is 504 g/mol. The predicted octanol–water partition coefficient (Wildman–Crippen LogP) is 3.19. The molecule has 9 heteroatoms. The minimum absolute atomic E-state index is 0. The number of aromatic nitrogens is 2. The van der Waals surface area contributed by atoms with Crippen molar-refractivity contribution in [2.24, 2.45) is 4.99 Å². The first-order chi connectivity index (χ1) is 12.7. The molecule has 27 heavy (non-hydrogen) atoms. The van der Waals surface area contributed by atoms with Gasteiger partial charge in [0.05, 0.1) is 17.2 Å². The molecule has 2 N–H and O–H groups in total. The third-order valence-corrected chi connectivity index (χ3v) is 5.25. The zero-order valence-corrected chi connectivity index (χ0v) is 18.8. The van der Waals surface area contributed by atoms with Crippen molar-refractivity contribution in [1.29, 1.82) is 0 Å². The number of hydrogen-bond acceptors (Lipinski definition) is 5. The van der Waals surface area contributed by atoms with Gasteiger partial charge in [0.15, 0.2) is 17.6 Å². The Labute approximate surface area is 180 Å². The van der Waals surface area contributed by atoms with Gasteiger partial charge in [0.2, 0.25) is 0 Å². The maximum atomic E-state index is 13.9. The molecule has 1 aliphatic rings. The first-order valence-electron chi connectivity index (χ1n) is 9.03. The van der Waals surface area contributed by atoms with Crippen LogP contribution in [0, 0.1) is 5.82 Å². The fourth-order valence-corrected chi connectivity index (χ4v) is 3.67. The predicted molar refractivity (Wildman–Crippen MR) is 120 cm³/mol. The van der Waals surface area contributed by atoms with Gasteiger partial charge in [-0.25, -0.2) is 19.4 Å². The van der Waals surface area contributed by atoms with Crippen LogP contribution in [0.2, 0.25) is 0 Å². The van der Waals surface area contributed by atoms with Crippen molar-refractivity contribution < 1.29 is 4.39 Å². The lowest BCUT2D eigenvalue weighted by molar-refractivity contribution is 0.612. The summed E-state index contributed by atoms with van der Waals surface area (Å²) in [7, 11) is 0. The summed E-state index contributed by atoms with van der Waals surface area (Å²) in [6.45, 7) is 6.96. The van der Waals surface area contributed by atoms with Gasteiger partial charge in [-0.2, -0.15) is 0 Å². The van der Waals surface area contributed by atoms with Gasteiger partial charge in [0, 0.05) is 37.3 Å². The fraction of sp³-hybridized carbons (Fsp3) is 0.500. The van der Waals surface area contributed by atoms with Crippen molar-refractivity contribution in [1.82, 2.24) is 20.6 Å². The second kappa shape index (κ2) is 10.7. The van der Waals surface area contributed by atoms with Crippen molar-refractivity contribution >= 4 is 47.1 Å². The Morgan fingerprint density at radius 2 is 2.30 bits per heavy atom. The standard InChI is InChI=1S/C18H25FN6S.HI/c1-3-16-23-14(12-26-16)10-22-18(20-4-2)24-13-7-9-25(11-13)17-15(19)6-5-8-21-17;/h5-6,8,12-13H,3-4,7,9-11H2,1-2H3,(H2,20,22,24);1H. The Hall–Kier alpha value is -1.49. The van der Waals surface area contributed by atoms with Crippen LogP contribution in [0.4, 0.5) is 10.2 Å². The maximum absolute atomic E-state index is 13.9. The van der Waals surface area contributed by atoms with Crippen LogP contribution < -0.4 is 15.5 Å². The smallest absolute Gasteiger partial charge is 0.191 e. The molecule has 0 radical (unpaired) electrons. The van der Waals surface area contributed by atoms with E-state index in [1.165, 1.54) is 6.07 Å². The van der Waals surface area contributed by atoms with Crippen LogP contribution in [0.1, 0.15) is 31.0 Å². The Balaban J connectivity index is 0.00000261. The van der Waals surface area contributed by atoms with Gasteiger partial charge >= 0.3 is 0 Å². The molecule has 1 aliphatic heterocycles. The second-order valence-corrected chi connectivity index (χ2v) is 7.11. The van der Waals surface area contributed by atoms with E-state index in [4.69, 9.17) is 0 Å². The highest BCUT2D eigenvalue weighted by Crippen LogP contribution is 2.20. The Bertz CT molecular complexity index is 753. The molecule has 6 nitrogen and oxygen atoms in total. The zero-order chi connectivity index (χ0) is 18.4. The molecule has 1 atom stereocenters. The molecule has 0 aromatic carbocycles. The van der Waals surface area contributed by atoms with Gasteiger partial charge in [-0.1, -0.05) is 6.92 Å². The van der Waals surface area contributed by atoms with Crippen LogP contribution in [0.25, 0.3) is 0 Å². The summed E-state index contributed by atoms with van der Waals surface area (Å²) < 4.78 is 13.9. The highest BCUT2D eigenvalue weighted by Gasteiger charge is 2.25. The highest BCUT2D eigenvalue weighted by molar-refractivity contribution is 14.0. The average Bonchev–Trinajstić information content (AvgIpc) is 3.29. The lowest BCUT2D eigenvalue weighted by Gasteiger charge is -2.19. The summed E-state index contributed by atoms with van der Waals surface area (Å²) in [6, 6.07) is 3.27. The number of guanidine groups is 1. The molecule has 3 rings (SSSR count). The molecule has 0 aliphatic carbocycles. The quantitative estimate of drug-likeness (QED) is 0.360. The van der Waals surface area contributed by atoms with E-state index in [0.717, 1.165) is 42.6 Å². The van der Waals surface area contributed by atoms with Gasteiger partial charge < -0.3 is 15.5 Å². The summed E-state index contributed by atoms with van der Waals surface area (Å²) in [5.41, 5.74) is 0.993. The Morgan fingerprint density at radius 3 is 3.00 bits per heavy atom. The number of pyridine rings is 1. The van der Waals surface area contributed by atoms with Crippen molar-refractivity contribution in [3.8, 4) is 0 Å². The van der Waals surface area contributed by atoms with Gasteiger partial charge in [0.25, 0.3) is 0 Å². The summed E-state index contributed by atoms with van der Waals surface area (Å²) in [5, 5.41) is 9.92. The molecule has 1 fully saturated rings. The van der Waals surface area contributed by atoms with Crippen LogP contribution >= 0.6 is 35.3 Å². The Kier molecular flexibility index (Phi) is 8.68. The van der Waals surface area contributed by atoms with Crippen molar-refractivity contribution in [2.75, 3.05) is 24.5 Å². The topological polar surface area (TPSA) is 65.4 Å². The molecule has 0 spiro atoms. The maximum Gasteiger partial charge on any atom is 0.191 e. The number of halogens is 2. The minimum Gasteiger partial charge on any atom is -0.357 e. The van der Waals surface area contributed by atoms with Gasteiger partial charge in [-0.05, 0) is 31.9 Å². The number of aryl methyl sites for hydroxylation is 1. The van der Waals surface area contributed by atoms with Gasteiger partial charge in [0.1, 0.15) is 0 Å². The summed E-state index contributed by atoms with van der Waals surface area (Å²) >= 11 is 1.68. The third kappa shape index (κ3) is 6.00. The van der Waals surface area contributed by atoms with E-state index in [9.17, 15) is 4.39 Å². The normalized spacial score (nSPS) is 16.9. The number of aliphatic imine (C=N–C) groups is 1. The molecule has 2 aromatic rings. The van der Waals surface area contributed by atoms with Gasteiger partial charge in [-0.15, -0.1) is 35.3 Å². The lowest BCUT2D eigenvalue weighted by Crippen LogP contribution is -2.44. The molecule has 0 amide bonds.